The van der Waals surface area contributed by atoms with Gasteiger partial charge in [-0.3, -0.25) is 4.79 Å². The highest BCUT2D eigenvalue weighted by molar-refractivity contribution is 5.80. The first-order chi connectivity index (χ1) is 13.4. The summed E-state index contributed by atoms with van der Waals surface area (Å²) in [5.41, 5.74) is 4.56. The number of hydrogen-bond acceptors (Lipinski definition) is 4. The Morgan fingerprint density at radius 3 is 2.39 bits per heavy atom. The Labute approximate surface area is 168 Å². The molecule has 1 N–H and O–H groups in total. The summed E-state index contributed by atoms with van der Waals surface area (Å²) in [5, 5.41) is 2.97. The van der Waals surface area contributed by atoms with Crippen LogP contribution < -0.4 is 15.0 Å². The highest BCUT2D eigenvalue weighted by Gasteiger charge is 2.16. The predicted molar refractivity (Wildman–Crippen MR) is 114 cm³/mol. The molecule has 150 valence electrons. The maximum absolute atomic E-state index is 12.4. The molecule has 1 aliphatic rings. The molecule has 2 aromatic carbocycles. The Kier molecular flexibility index (Phi) is 6.57. The molecular formula is C23H31N3O2. The quantitative estimate of drug-likeness (QED) is 0.835. The van der Waals surface area contributed by atoms with E-state index in [0.29, 0.717) is 6.54 Å². The van der Waals surface area contributed by atoms with Gasteiger partial charge >= 0.3 is 0 Å². The zero-order valence-electron chi connectivity index (χ0n) is 17.4. The van der Waals surface area contributed by atoms with Crippen molar-refractivity contribution in [3.8, 4) is 5.75 Å². The number of anilines is 1. The molecule has 1 fully saturated rings. The van der Waals surface area contributed by atoms with Crippen LogP contribution >= 0.6 is 0 Å². The van der Waals surface area contributed by atoms with Crippen LogP contribution in [0.3, 0.4) is 0 Å². The van der Waals surface area contributed by atoms with Crippen LogP contribution in [0.15, 0.2) is 42.5 Å². The van der Waals surface area contributed by atoms with Crippen molar-refractivity contribution in [2.24, 2.45) is 0 Å². The van der Waals surface area contributed by atoms with Gasteiger partial charge in [-0.15, -0.1) is 0 Å². The summed E-state index contributed by atoms with van der Waals surface area (Å²) in [6.45, 7) is 10.6. The molecule has 0 bridgehead atoms. The third-order valence-electron chi connectivity index (χ3n) is 5.27. The Morgan fingerprint density at radius 2 is 1.75 bits per heavy atom. The minimum absolute atomic E-state index is 0.108. The van der Waals surface area contributed by atoms with E-state index in [1.807, 2.05) is 26.0 Å². The molecular weight excluding hydrogens is 350 g/mol. The van der Waals surface area contributed by atoms with E-state index in [-0.39, 0.29) is 5.91 Å². The van der Waals surface area contributed by atoms with E-state index in [9.17, 15) is 4.79 Å². The largest absolute Gasteiger partial charge is 0.481 e. The smallest absolute Gasteiger partial charge is 0.261 e. The van der Waals surface area contributed by atoms with E-state index in [4.69, 9.17) is 4.74 Å². The fourth-order valence-corrected chi connectivity index (χ4v) is 3.40. The number of aryl methyl sites for hydroxylation is 2. The van der Waals surface area contributed by atoms with Gasteiger partial charge in [0.25, 0.3) is 5.91 Å². The zero-order valence-corrected chi connectivity index (χ0v) is 17.4. The molecule has 1 heterocycles. The number of likely N-dealkylation sites (N-methyl/N-ethyl adjacent to an activating group) is 1. The Hall–Kier alpha value is -2.53. The molecule has 28 heavy (non-hydrogen) atoms. The summed E-state index contributed by atoms with van der Waals surface area (Å²) in [5.74, 6) is 0.646. The van der Waals surface area contributed by atoms with Crippen LogP contribution in [0, 0.1) is 13.8 Å². The lowest BCUT2D eigenvalue weighted by atomic mass is 10.1. The number of nitrogens with zero attached hydrogens (tertiary/aromatic N) is 2. The second kappa shape index (κ2) is 9.11. The average Bonchev–Trinajstić information content (AvgIpc) is 2.69. The van der Waals surface area contributed by atoms with E-state index >= 15 is 0 Å². The van der Waals surface area contributed by atoms with Gasteiger partial charge in [-0.05, 0) is 57.1 Å². The highest BCUT2D eigenvalue weighted by atomic mass is 16.5. The van der Waals surface area contributed by atoms with E-state index < -0.39 is 6.10 Å². The van der Waals surface area contributed by atoms with Crippen LogP contribution in [0.25, 0.3) is 0 Å². The average molecular weight is 382 g/mol. The normalized spacial score (nSPS) is 15.9. The predicted octanol–water partition coefficient (Wildman–Crippen LogP) is 3.14. The molecule has 1 unspecified atom stereocenters. The molecule has 1 saturated heterocycles. The molecule has 0 saturated carbocycles. The number of hydrogen-bond donors (Lipinski definition) is 1. The number of benzene rings is 2. The van der Waals surface area contributed by atoms with Crippen LogP contribution in [-0.2, 0) is 11.3 Å². The lowest BCUT2D eigenvalue weighted by Gasteiger charge is -2.34. The van der Waals surface area contributed by atoms with Gasteiger partial charge in [0.15, 0.2) is 6.10 Å². The maximum Gasteiger partial charge on any atom is 0.261 e. The van der Waals surface area contributed by atoms with Crippen molar-refractivity contribution in [3.63, 3.8) is 0 Å². The lowest BCUT2D eigenvalue weighted by molar-refractivity contribution is -0.127. The molecule has 1 atom stereocenters. The zero-order chi connectivity index (χ0) is 20.1. The van der Waals surface area contributed by atoms with Crippen molar-refractivity contribution < 1.29 is 9.53 Å². The summed E-state index contributed by atoms with van der Waals surface area (Å²) in [4.78, 5) is 17.1. The summed E-state index contributed by atoms with van der Waals surface area (Å²) in [6, 6.07) is 14.4. The first-order valence-corrected chi connectivity index (χ1v) is 9.96. The molecule has 0 aliphatic carbocycles. The van der Waals surface area contributed by atoms with Gasteiger partial charge in [-0.2, -0.15) is 0 Å². The van der Waals surface area contributed by atoms with Gasteiger partial charge in [0.1, 0.15) is 5.75 Å². The molecule has 5 nitrogen and oxygen atoms in total. The Morgan fingerprint density at radius 1 is 1.07 bits per heavy atom. The number of amides is 1. The van der Waals surface area contributed by atoms with Gasteiger partial charge in [0.05, 0.1) is 0 Å². The first kappa shape index (κ1) is 20.2. The lowest BCUT2D eigenvalue weighted by Crippen LogP contribution is -2.44. The number of carbonyl (C=O) groups excluding carboxylic acids is 1. The Bertz CT molecular complexity index is 796. The van der Waals surface area contributed by atoms with Crippen molar-refractivity contribution in [1.29, 1.82) is 0 Å². The van der Waals surface area contributed by atoms with Crippen LogP contribution in [0.2, 0.25) is 0 Å². The van der Waals surface area contributed by atoms with Gasteiger partial charge < -0.3 is 19.9 Å². The third-order valence-corrected chi connectivity index (χ3v) is 5.27. The van der Waals surface area contributed by atoms with Crippen LogP contribution in [-0.4, -0.2) is 50.1 Å². The van der Waals surface area contributed by atoms with Crippen molar-refractivity contribution in [2.75, 3.05) is 38.1 Å². The fraction of sp³-hybridized carbons (Fsp3) is 0.435. The van der Waals surface area contributed by atoms with Gasteiger partial charge in [-0.25, -0.2) is 0 Å². The second-order valence-corrected chi connectivity index (χ2v) is 7.70. The summed E-state index contributed by atoms with van der Waals surface area (Å²) in [6.07, 6.45) is -0.536. The van der Waals surface area contributed by atoms with E-state index in [1.54, 1.807) is 6.92 Å². The van der Waals surface area contributed by atoms with Crippen molar-refractivity contribution in [2.45, 2.75) is 33.4 Å². The van der Waals surface area contributed by atoms with Crippen molar-refractivity contribution in [3.05, 3.63) is 59.2 Å². The van der Waals surface area contributed by atoms with E-state index in [2.05, 4.69) is 52.5 Å². The molecule has 1 aliphatic heterocycles. The SMILES string of the molecule is Cc1ccc(OC(C)C(=O)NCc2ccc(N3CCN(C)CC3)cc2)c(C)c1. The number of nitrogens with one attached hydrogen (secondary N) is 1. The standard InChI is InChI=1S/C23H31N3O2/c1-17-5-10-22(18(2)15-17)28-19(3)23(27)24-16-20-6-8-21(9-7-20)26-13-11-25(4)12-14-26/h5-10,15,19H,11-14,16H2,1-4H3,(H,24,27). The first-order valence-electron chi connectivity index (χ1n) is 9.96. The molecule has 2 aromatic rings. The van der Waals surface area contributed by atoms with E-state index in [1.165, 1.54) is 11.3 Å². The Balaban J connectivity index is 1.49. The number of rotatable bonds is 6. The van der Waals surface area contributed by atoms with E-state index in [0.717, 1.165) is 43.1 Å². The highest BCUT2D eigenvalue weighted by Crippen LogP contribution is 2.20. The van der Waals surface area contributed by atoms with Gasteiger partial charge in [0.2, 0.25) is 0 Å². The maximum atomic E-state index is 12.4. The number of piperazine rings is 1. The summed E-state index contributed by atoms with van der Waals surface area (Å²) >= 11 is 0. The topological polar surface area (TPSA) is 44.8 Å². The van der Waals surface area contributed by atoms with Crippen LogP contribution in [0.5, 0.6) is 5.75 Å². The summed E-state index contributed by atoms with van der Waals surface area (Å²) < 4.78 is 5.83. The van der Waals surface area contributed by atoms with Crippen LogP contribution in [0.1, 0.15) is 23.6 Å². The number of ether oxygens (including phenoxy) is 1. The molecule has 0 radical (unpaired) electrons. The van der Waals surface area contributed by atoms with Gasteiger partial charge in [-0.1, -0.05) is 29.8 Å². The minimum Gasteiger partial charge on any atom is -0.481 e. The summed E-state index contributed by atoms with van der Waals surface area (Å²) in [7, 11) is 2.16. The fourth-order valence-electron chi connectivity index (χ4n) is 3.40. The number of carbonyl (C=O) groups is 1. The van der Waals surface area contributed by atoms with Crippen LogP contribution in [0.4, 0.5) is 5.69 Å². The monoisotopic (exact) mass is 381 g/mol. The van der Waals surface area contributed by atoms with Crippen molar-refractivity contribution in [1.82, 2.24) is 10.2 Å². The molecule has 0 aromatic heterocycles. The second-order valence-electron chi connectivity index (χ2n) is 7.70. The molecule has 5 heteroatoms. The molecule has 0 spiro atoms. The molecule has 1 amide bonds. The minimum atomic E-state index is -0.536. The van der Waals surface area contributed by atoms with Crippen molar-refractivity contribution >= 4 is 11.6 Å². The molecule has 3 rings (SSSR count). The van der Waals surface area contributed by atoms with Gasteiger partial charge in [0, 0.05) is 38.4 Å². The third kappa shape index (κ3) is 5.26.